The molecule has 0 N–H and O–H groups in total. The molecule has 7 rings (SSSR count). The molecule has 0 radical (unpaired) electrons. The van der Waals surface area contributed by atoms with Crippen LogP contribution in [0.2, 0.25) is 0 Å². The van der Waals surface area contributed by atoms with Gasteiger partial charge < -0.3 is 0 Å². The fraction of sp³-hybridized carbons (Fsp3) is 0.0270. The second kappa shape index (κ2) is 10.2. The van der Waals surface area contributed by atoms with Crippen molar-refractivity contribution in [1.29, 1.82) is 10.5 Å². The molecule has 6 heteroatoms. The zero-order chi connectivity index (χ0) is 29.5. The average molecular weight is 549 g/mol. The van der Waals surface area contributed by atoms with Gasteiger partial charge in [-0.05, 0) is 48.4 Å². The Bertz CT molecular complexity index is 2370. The van der Waals surface area contributed by atoms with Crippen LogP contribution < -0.4 is 0 Å². The van der Waals surface area contributed by atoms with Crippen molar-refractivity contribution in [3.63, 3.8) is 0 Å². The third kappa shape index (κ3) is 4.21. The van der Waals surface area contributed by atoms with E-state index in [2.05, 4.69) is 17.0 Å². The van der Waals surface area contributed by atoms with E-state index in [4.69, 9.17) is 21.5 Å². The Kier molecular flexibility index (Phi) is 6.06. The molecule has 198 valence electrons. The number of aryl methyl sites for hydroxylation is 1. The molecule has 2 heterocycles. The first-order chi connectivity index (χ1) is 21.1. The van der Waals surface area contributed by atoms with E-state index in [1.165, 1.54) is 0 Å². The molecule has 0 aliphatic rings. The number of aromatic nitrogens is 3. The predicted octanol–water partition coefficient (Wildman–Crippen LogP) is 8.93. The van der Waals surface area contributed by atoms with Crippen LogP contribution in [0, 0.1) is 36.2 Å². The summed E-state index contributed by atoms with van der Waals surface area (Å²) in [6.07, 6.45) is 0. The van der Waals surface area contributed by atoms with E-state index in [-0.39, 0.29) is 0 Å². The summed E-state index contributed by atoms with van der Waals surface area (Å²) in [5.41, 5.74) is 9.35. The minimum Gasteiger partial charge on any atom is -0.247 e. The highest BCUT2D eigenvalue weighted by Crippen LogP contribution is 2.41. The molecule has 43 heavy (non-hydrogen) atoms. The van der Waals surface area contributed by atoms with Crippen molar-refractivity contribution in [3.8, 4) is 45.9 Å². The largest absolute Gasteiger partial charge is 0.247 e. The second-order valence-electron chi connectivity index (χ2n) is 10.2. The number of hydrogen-bond donors (Lipinski definition) is 0. The standard InChI is InChI=1S/C37H20N6/c1-22-19-31-37(33-29-9-5-6-10-30(29)41-36(32(22)33)28-8-4-3-7-26(28)21-39)43-35(24-13-11-23(20-38)12-14-24)34(42-31)25-15-17-27(40-2)18-16-25/h3-19H,1H3. The maximum absolute atomic E-state index is 9.94. The molecule has 0 atom stereocenters. The van der Waals surface area contributed by atoms with Gasteiger partial charge in [-0.25, -0.2) is 19.8 Å². The fourth-order valence-corrected chi connectivity index (χ4v) is 5.63. The van der Waals surface area contributed by atoms with Crippen LogP contribution in [-0.2, 0) is 0 Å². The minimum atomic E-state index is 0.545. The first-order valence-corrected chi connectivity index (χ1v) is 13.6. The topological polar surface area (TPSA) is 90.6 Å². The number of benzene rings is 5. The lowest BCUT2D eigenvalue weighted by atomic mass is 9.93. The number of nitriles is 2. The Morgan fingerprint density at radius 3 is 2.02 bits per heavy atom. The van der Waals surface area contributed by atoms with E-state index in [9.17, 15) is 10.5 Å². The highest BCUT2D eigenvalue weighted by molar-refractivity contribution is 6.22. The van der Waals surface area contributed by atoms with Gasteiger partial charge in [-0.15, -0.1) is 0 Å². The van der Waals surface area contributed by atoms with Gasteiger partial charge in [0, 0.05) is 27.3 Å². The molecule has 2 aromatic heterocycles. The molecular weight excluding hydrogens is 528 g/mol. The molecule has 0 bridgehead atoms. The Morgan fingerprint density at radius 2 is 1.30 bits per heavy atom. The number of hydrogen-bond acceptors (Lipinski definition) is 5. The van der Waals surface area contributed by atoms with Gasteiger partial charge in [-0.3, -0.25) is 0 Å². The lowest BCUT2D eigenvalue weighted by Crippen LogP contribution is -2.00. The van der Waals surface area contributed by atoms with E-state index in [0.717, 1.165) is 60.7 Å². The van der Waals surface area contributed by atoms with Gasteiger partial charge in [0.1, 0.15) is 0 Å². The quantitative estimate of drug-likeness (QED) is 0.162. The summed E-state index contributed by atoms with van der Waals surface area (Å²) in [7, 11) is 0. The second-order valence-corrected chi connectivity index (χ2v) is 10.2. The van der Waals surface area contributed by atoms with Crippen LogP contribution in [-0.4, -0.2) is 15.0 Å². The Balaban J connectivity index is 1.64. The third-order valence-electron chi connectivity index (χ3n) is 7.66. The van der Waals surface area contributed by atoms with Crippen LogP contribution >= 0.6 is 0 Å². The molecule has 0 aliphatic heterocycles. The molecule has 6 nitrogen and oxygen atoms in total. The van der Waals surface area contributed by atoms with Crippen molar-refractivity contribution in [3.05, 3.63) is 131 Å². The van der Waals surface area contributed by atoms with Gasteiger partial charge >= 0.3 is 0 Å². The molecule has 7 aromatic rings. The maximum Gasteiger partial charge on any atom is 0.187 e. The average Bonchev–Trinajstić information content (AvgIpc) is 3.07. The predicted molar refractivity (Wildman–Crippen MR) is 169 cm³/mol. The normalized spacial score (nSPS) is 10.8. The van der Waals surface area contributed by atoms with Crippen LogP contribution in [0.1, 0.15) is 16.7 Å². The summed E-state index contributed by atoms with van der Waals surface area (Å²) in [6, 6.07) is 36.7. The summed E-state index contributed by atoms with van der Waals surface area (Å²) < 4.78 is 0. The zero-order valence-corrected chi connectivity index (χ0v) is 23.0. The van der Waals surface area contributed by atoms with Crippen molar-refractivity contribution < 1.29 is 0 Å². The van der Waals surface area contributed by atoms with Crippen molar-refractivity contribution in [1.82, 2.24) is 15.0 Å². The van der Waals surface area contributed by atoms with E-state index in [1.807, 2.05) is 85.8 Å². The number of para-hydroxylation sites is 1. The van der Waals surface area contributed by atoms with E-state index in [1.54, 1.807) is 24.3 Å². The summed E-state index contributed by atoms with van der Waals surface area (Å²) in [6.45, 7) is 9.40. The highest BCUT2D eigenvalue weighted by atomic mass is 14.8. The first-order valence-electron chi connectivity index (χ1n) is 13.6. The van der Waals surface area contributed by atoms with E-state index in [0.29, 0.717) is 28.2 Å². The Labute approximate surface area is 247 Å². The highest BCUT2D eigenvalue weighted by Gasteiger charge is 2.21. The molecule has 0 saturated carbocycles. The van der Waals surface area contributed by atoms with Crippen molar-refractivity contribution >= 4 is 38.4 Å². The van der Waals surface area contributed by atoms with Gasteiger partial charge in [0.25, 0.3) is 0 Å². The van der Waals surface area contributed by atoms with E-state index < -0.39 is 0 Å². The minimum absolute atomic E-state index is 0.545. The van der Waals surface area contributed by atoms with Gasteiger partial charge in [0.05, 0.1) is 63.5 Å². The van der Waals surface area contributed by atoms with Gasteiger partial charge in [0.2, 0.25) is 0 Å². The lowest BCUT2D eigenvalue weighted by molar-refractivity contribution is 1.29. The molecule has 5 aromatic carbocycles. The Hall–Kier alpha value is -6.42. The molecule has 0 fully saturated rings. The fourth-order valence-electron chi connectivity index (χ4n) is 5.63. The van der Waals surface area contributed by atoms with Gasteiger partial charge in [-0.1, -0.05) is 72.8 Å². The molecule has 0 amide bonds. The van der Waals surface area contributed by atoms with Crippen molar-refractivity contribution in [2.24, 2.45) is 0 Å². The molecule has 0 saturated heterocycles. The molecule has 0 spiro atoms. The van der Waals surface area contributed by atoms with E-state index >= 15 is 0 Å². The Morgan fingerprint density at radius 1 is 0.651 bits per heavy atom. The van der Waals surface area contributed by atoms with Gasteiger partial charge in [0.15, 0.2) is 5.69 Å². The maximum atomic E-state index is 9.94. The van der Waals surface area contributed by atoms with Crippen LogP contribution in [0.15, 0.2) is 103 Å². The summed E-state index contributed by atoms with van der Waals surface area (Å²) in [5.74, 6) is 0. The first kappa shape index (κ1) is 25.5. The lowest BCUT2D eigenvalue weighted by Gasteiger charge is -2.17. The SMILES string of the molecule is [C-]#[N+]c1ccc(-c2nc3cc(C)c4c(-c5ccccc5C#N)nc5ccccc5c4c3nc2-c2ccc(C#N)cc2)cc1. The number of nitrogens with zero attached hydrogens (tertiary/aromatic N) is 6. The smallest absolute Gasteiger partial charge is 0.187 e. The molecule has 0 unspecified atom stereocenters. The number of fused-ring (bicyclic) bond motifs is 5. The van der Waals surface area contributed by atoms with Crippen molar-refractivity contribution in [2.75, 3.05) is 0 Å². The van der Waals surface area contributed by atoms with Gasteiger partial charge in [-0.2, -0.15) is 10.5 Å². The van der Waals surface area contributed by atoms with Crippen LogP contribution in [0.3, 0.4) is 0 Å². The van der Waals surface area contributed by atoms with Crippen LogP contribution in [0.5, 0.6) is 0 Å². The summed E-state index contributed by atoms with van der Waals surface area (Å²) in [4.78, 5) is 19.1. The summed E-state index contributed by atoms with van der Waals surface area (Å²) in [5, 5.41) is 22.1. The summed E-state index contributed by atoms with van der Waals surface area (Å²) >= 11 is 0. The number of pyridine rings is 1. The number of rotatable bonds is 3. The third-order valence-corrected chi connectivity index (χ3v) is 7.66. The zero-order valence-electron chi connectivity index (χ0n) is 23.0. The monoisotopic (exact) mass is 548 g/mol. The van der Waals surface area contributed by atoms with Crippen LogP contribution in [0.4, 0.5) is 5.69 Å². The van der Waals surface area contributed by atoms with Crippen molar-refractivity contribution in [2.45, 2.75) is 6.92 Å². The molecule has 0 aliphatic carbocycles. The molecular formula is C37H20N6. The van der Waals surface area contributed by atoms with Crippen LogP contribution in [0.25, 0.3) is 71.3 Å².